The zero-order chi connectivity index (χ0) is 27.3. The van der Waals surface area contributed by atoms with Crippen molar-refractivity contribution < 1.29 is 28.8 Å². The predicted molar refractivity (Wildman–Crippen MR) is 144 cm³/mol. The van der Waals surface area contributed by atoms with E-state index in [2.05, 4.69) is 13.8 Å². The van der Waals surface area contributed by atoms with Crippen molar-refractivity contribution >= 4 is 5.97 Å². The number of aromatic carboxylic acids is 1. The van der Waals surface area contributed by atoms with Gasteiger partial charge in [-0.2, -0.15) is 0 Å². The SMILES string of the molecule is COCCCOc1cc2c(cc1OC)-c1cc(=O)c(C(=O)O)cn1C(C(C)(C)COCc1ccccc1)C2. The minimum atomic E-state index is -1.25. The van der Waals surface area contributed by atoms with Crippen molar-refractivity contribution in [1.29, 1.82) is 0 Å². The van der Waals surface area contributed by atoms with Gasteiger partial charge in [-0.25, -0.2) is 4.79 Å². The molecule has 1 aliphatic heterocycles. The van der Waals surface area contributed by atoms with Crippen LogP contribution in [0.5, 0.6) is 11.5 Å². The molecule has 0 spiro atoms. The Hall–Kier alpha value is -3.62. The molecule has 38 heavy (non-hydrogen) atoms. The number of aromatic nitrogens is 1. The van der Waals surface area contributed by atoms with Crippen LogP contribution in [0.4, 0.5) is 0 Å². The van der Waals surface area contributed by atoms with Gasteiger partial charge >= 0.3 is 5.97 Å². The minimum Gasteiger partial charge on any atom is -0.493 e. The van der Waals surface area contributed by atoms with E-state index in [4.69, 9.17) is 18.9 Å². The van der Waals surface area contributed by atoms with Crippen molar-refractivity contribution in [3.8, 4) is 22.8 Å². The van der Waals surface area contributed by atoms with Crippen LogP contribution in [0.15, 0.2) is 59.5 Å². The summed E-state index contributed by atoms with van der Waals surface area (Å²) >= 11 is 0. The highest BCUT2D eigenvalue weighted by atomic mass is 16.5. The summed E-state index contributed by atoms with van der Waals surface area (Å²) in [5.74, 6) is -0.0751. The number of pyridine rings is 1. The van der Waals surface area contributed by atoms with Crippen molar-refractivity contribution in [3.63, 3.8) is 0 Å². The number of hydrogen-bond acceptors (Lipinski definition) is 6. The standard InChI is InChI=1S/C30H35NO7/c1-30(2,19-37-18-20-9-6-5-7-10-20)28-14-21-13-27(38-12-8-11-35-3)26(36-4)15-22(21)24-16-25(32)23(29(33)34)17-31(24)28/h5-7,9-10,13,15-17,28H,8,11-12,14,18-19H2,1-4H3,(H,33,34). The average Bonchev–Trinajstić information content (AvgIpc) is 2.90. The summed E-state index contributed by atoms with van der Waals surface area (Å²) in [4.78, 5) is 24.6. The van der Waals surface area contributed by atoms with Gasteiger partial charge in [0.15, 0.2) is 16.9 Å². The van der Waals surface area contributed by atoms with Crippen LogP contribution in [0.2, 0.25) is 0 Å². The first-order valence-corrected chi connectivity index (χ1v) is 12.7. The fraction of sp³-hybridized carbons (Fsp3) is 0.400. The lowest BCUT2D eigenvalue weighted by molar-refractivity contribution is 0.0220. The Balaban J connectivity index is 1.72. The van der Waals surface area contributed by atoms with E-state index in [9.17, 15) is 14.7 Å². The second kappa shape index (κ2) is 11.8. The van der Waals surface area contributed by atoms with Crippen LogP contribution in [0.3, 0.4) is 0 Å². The molecular weight excluding hydrogens is 486 g/mol. The van der Waals surface area contributed by atoms with Crippen LogP contribution in [0, 0.1) is 5.41 Å². The van der Waals surface area contributed by atoms with Gasteiger partial charge in [-0.05, 0) is 29.7 Å². The maximum Gasteiger partial charge on any atom is 0.341 e. The van der Waals surface area contributed by atoms with Crippen LogP contribution in [0.1, 0.15) is 47.8 Å². The minimum absolute atomic E-state index is 0.172. The molecule has 1 N–H and O–H groups in total. The molecule has 0 fully saturated rings. The van der Waals surface area contributed by atoms with Gasteiger partial charge in [-0.1, -0.05) is 44.2 Å². The molecule has 1 atom stereocenters. The monoisotopic (exact) mass is 521 g/mol. The highest BCUT2D eigenvalue weighted by Crippen LogP contribution is 2.46. The molecule has 0 saturated carbocycles. The van der Waals surface area contributed by atoms with Gasteiger partial charge in [0.1, 0.15) is 5.56 Å². The van der Waals surface area contributed by atoms with Crippen molar-refractivity contribution in [2.24, 2.45) is 5.41 Å². The highest BCUT2D eigenvalue weighted by Gasteiger charge is 2.37. The van der Waals surface area contributed by atoms with Crippen LogP contribution in [0.25, 0.3) is 11.3 Å². The highest BCUT2D eigenvalue weighted by molar-refractivity contribution is 5.88. The summed E-state index contributed by atoms with van der Waals surface area (Å²) in [6.45, 7) is 6.18. The van der Waals surface area contributed by atoms with Gasteiger partial charge < -0.3 is 28.6 Å². The van der Waals surface area contributed by atoms with Gasteiger partial charge in [-0.15, -0.1) is 0 Å². The number of nitrogens with zero attached hydrogens (tertiary/aromatic N) is 1. The molecule has 1 unspecified atom stereocenters. The van der Waals surface area contributed by atoms with Gasteiger partial charge in [0, 0.05) is 49.4 Å². The number of benzene rings is 2. The van der Waals surface area contributed by atoms with E-state index in [0.29, 0.717) is 50.0 Å². The molecule has 0 saturated heterocycles. The van der Waals surface area contributed by atoms with Crippen molar-refractivity contribution in [3.05, 3.63) is 81.6 Å². The first kappa shape index (κ1) is 27.4. The van der Waals surface area contributed by atoms with Crippen LogP contribution >= 0.6 is 0 Å². The zero-order valence-electron chi connectivity index (χ0n) is 22.4. The third-order valence-corrected chi connectivity index (χ3v) is 6.96. The molecule has 3 aromatic rings. The molecule has 4 rings (SSSR count). The number of carboxylic acids is 1. The van der Waals surface area contributed by atoms with Crippen LogP contribution < -0.4 is 14.9 Å². The molecule has 2 heterocycles. The molecule has 202 valence electrons. The van der Waals surface area contributed by atoms with Gasteiger partial charge in [0.25, 0.3) is 0 Å². The fourth-order valence-corrected chi connectivity index (χ4v) is 4.91. The summed E-state index contributed by atoms with van der Waals surface area (Å²) in [7, 11) is 3.23. The van der Waals surface area contributed by atoms with E-state index in [1.807, 2.05) is 47.0 Å². The molecule has 1 aromatic heterocycles. The number of fused-ring (bicyclic) bond motifs is 3. The Morgan fingerprint density at radius 2 is 1.84 bits per heavy atom. The molecule has 0 radical (unpaired) electrons. The maximum absolute atomic E-state index is 12.8. The van der Waals surface area contributed by atoms with E-state index in [1.54, 1.807) is 14.2 Å². The number of rotatable bonds is 12. The molecule has 8 heteroatoms. The lowest BCUT2D eigenvalue weighted by Gasteiger charge is -2.41. The van der Waals surface area contributed by atoms with Gasteiger partial charge in [0.05, 0.1) is 32.6 Å². The molecule has 2 aromatic carbocycles. The Bertz CT molecular complexity index is 1330. The van der Waals surface area contributed by atoms with Crippen LogP contribution in [-0.4, -0.2) is 49.7 Å². The Kier molecular flexibility index (Phi) is 8.54. The van der Waals surface area contributed by atoms with E-state index < -0.39 is 16.8 Å². The molecular formula is C30H35NO7. The van der Waals surface area contributed by atoms with Gasteiger partial charge in [-0.3, -0.25) is 4.79 Å². The van der Waals surface area contributed by atoms with Crippen molar-refractivity contribution in [1.82, 2.24) is 4.57 Å². The lowest BCUT2D eigenvalue weighted by Crippen LogP contribution is -2.37. The molecule has 0 aliphatic carbocycles. The number of hydrogen-bond donors (Lipinski definition) is 1. The summed E-state index contributed by atoms with van der Waals surface area (Å²) in [5, 5.41) is 9.67. The van der Waals surface area contributed by atoms with E-state index in [-0.39, 0.29) is 11.6 Å². The number of ether oxygens (including phenoxy) is 4. The number of carboxylic acid groups (broad SMARTS) is 1. The third-order valence-electron chi connectivity index (χ3n) is 6.96. The summed E-state index contributed by atoms with van der Waals surface area (Å²) < 4.78 is 24.8. The smallest absolute Gasteiger partial charge is 0.341 e. The maximum atomic E-state index is 12.8. The lowest BCUT2D eigenvalue weighted by atomic mass is 9.77. The Morgan fingerprint density at radius 3 is 2.53 bits per heavy atom. The summed E-state index contributed by atoms with van der Waals surface area (Å²) in [6, 6.07) is 15.0. The van der Waals surface area contributed by atoms with Crippen molar-refractivity contribution in [2.75, 3.05) is 34.0 Å². The molecule has 8 nitrogen and oxygen atoms in total. The quantitative estimate of drug-likeness (QED) is 0.336. The van der Waals surface area contributed by atoms with E-state index >= 15 is 0 Å². The van der Waals surface area contributed by atoms with E-state index in [1.165, 1.54) is 12.3 Å². The Labute approximate surface area is 222 Å². The predicted octanol–water partition coefficient (Wildman–Crippen LogP) is 4.98. The topological polar surface area (TPSA) is 96.2 Å². The molecule has 0 amide bonds. The largest absolute Gasteiger partial charge is 0.493 e. The molecule has 0 bridgehead atoms. The third kappa shape index (κ3) is 5.92. The number of carbonyl (C=O) groups is 1. The zero-order valence-corrected chi connectivity index (χ0v) is 22.4. The van der Waals surface area contributed by atoms with Crippen molar-refractivity contribution in [2.45, 2.75) is 39.3 Å². The second-order valence-electron chi connectivity index (χ2n) is 10.2. The van der Waals surface area contributed by atoms with Gasteiger partial charge in [0.2, 0.25) is 0 Å². The second-order valence-corrected chi connectivity index (χ2v) is 10.2. The summed E-state index contributed by atoms with van der Waals surface area (Å²) in [6.07, 6.45) is 2.81. The molecule has 1 aliphatic rings. The summed E-state index contributed by atoms with van der Waals surface area (Å²) in [5.41, 5.74) is 2.35. The van der Waals surface area contributed by atoms with E-state index in [0.717, 1.165) is 23.1 Å². The number of methoxy groups -OCH3 is 2. The normalized spacial score (nSPS) is 14.5. The Morgan fingerprint density at radius 1 is 1.08 bits per heavy atom. The first-order chi connectivity index (χ1) is 18.2. The average molecular weight is 522 g/mol. The fourth-order valence-electron chi connectivity index (χ4n) is 4.91. The van der Waals surface area contributed by atoms with Crippen LogP contribution in [-0.2, 0) is 22.5 Å². The first-order valence-electron chi connectivity index (χ1n) is 12.7.